The molecule has 0 aromatic rings. The molecule has 0 unspecified atom stereocenters. The summed E-state index contributed by atoms with van der Waals surface area (Å²) in [5.74, 6) is -0.666. The first kappa shape index (κ1) is 13.7. The van der Waals surface area contributed by atoms with Gasteiger partial charge in [0.1, 0.15) is 0 Å². The zero-order valence-electron chi connectivity index (χ0n) is 10.2. The molecule has 3 heteroatoms. The van der Waals surface area contributed by atoms with Crippen LogP contribution in [-0.2, 0) is 4.79 Å². The highest BCUT2D eigenvalue weighted by molar-refractivity contribution is 6.80. The monoisotopic (exact) mass is 216 g/mol. The van der Waals surface area contributed by atoms with Crippen LogP contribution >= 0.6 is 0 Å². The molecule has 0 atom stereocenters. The number of carbonyl (C=O) groups is 1. The van der Waals surface area contributed by atoms with Crippen molar-refractivity contribution >= 4 is 14.0 Å². The SMILES string of the molecule is CC(C)(C)[Si](C)(C)CCCCC(=O)O. The maximum atomic E-state index is 10.3. The number of rotatable bonds is 5. The molecular formula is C11H24O2Si. The van der Waals surface area contributed by atoms with Gasteiger partial charge in [0.25, 0.3) is 0 Å². The number of aliphatic carboxylic acids is 1. The molecule has 0 saturated heterocycles. The molecule has 14 heavy (non-hydrogen) atoms. The van der Waals surface area contributed by atoms with Crippen molar-refractivity contribution in [1.82, 2.24) is 0 Å². The normalized spacial score (nSPS) is 12.9. The molecule has 0 rings (SSSR count). The van der Waals surface area contributed by atoms with E-state index in [1.807, 2.05) is 0 Å². The summed E-state index contributed by atoms with van der Waals surface area (Å²) in [5.41, 5.74) is 0. The van der Waals surface area contributed by atoms with Gasteiger partial charge in [-0.3, -0.25) is 4.79 Å². The van der Waals surface area contributed by atoms with Crippen LogP contribution in [0.25, 0.3) is 0 Å². The van der Waals surface area contributed by atoms with Gasteiger partial charge in [-0.15, -0.1) is 0 Å². The molecular weight excluding hydrogens is 192 g/mol. The van der Waals surface area contributed by atoms with Crippen LogP contribution in [0.4, 0.5) is 0 Å². The van der Waals surface area contributed by atoms with Crippen molar-refractivity contribution in [3.05, 3.63) is 0 Å². The molecule has 0 spiro atoms. The second-order valence-corrected chi connectivity index (χ2v) is 11.5. The second kappa shape index (κ2) is 4.96. The topological polar surface area (TPSA) is 37.3 Å². The maximum Gasteiger partial charge on any atom is 0.303 e. The van der Waals surface area contributed by atoms with Gasteiger partial charge in [-0.1, -0.05) is 46.3 Å². The van der Waals surface area contributed by atoms with Gasteiger partial charge in [0.15, 0.2) is 0 Å². The highest BCUT2D eigenvalue weighted by atomic mass is 28.3. The fourth-order valence-corrected chi connectivity index (χ4v) is 3.10. The Morgan fingerprint density at radius 3 is 2.07 bits per heavy atom. The summed E-state index contributed by atoms with van der Waals surface area (Å²) in [6.45, 7) is 11.7. The zero-order chi connectivity index (χ0) is 11.4. The molecule has 0 aliphatic heterocycles. The van der Waals surface area contributed by atoms with E-state index in [1.165, 1.54) is 6.04 Å². The van der Waals surface area contributed by atoms with E-state index < -0.39 is 14.0 Å². The lowest BCUT2D eigenvalue weighted by Gasteiger charge is -2.37. The zero-order valence-corrected chi connectivity index (χ0v) is 11.2. The van der Waals surface area contributed by atoms with Crippen LogP contribution in [0.5, 0.6) is 0 Å². The van der Waals surface area contributed by atoms with E-state index in [1.54, 1.807) is 0 Å². The number of hydrogen-bond acceptors (Lipinski definition) is 1. The third-order valence-corrected chi connectivity index (χ3v) is 9.14. The van der Waals surface area contributed by atoms with Crippen LogP contribution in [0.15, 0.2) is 0 Å². The van der Waals surface area contributed by atoms with Gasteiger partial charge in [-0.25, -0.2) is 0 Å². The summed E-state index contributed by atoms with van der Waals surface area (Å²) < 4.78 is 0. The van der Waals surface area contributed by atoms with E-state index in [9.17, 15) is 4.79 Å². The molecule has 0 bridgehead atoms. The first-order valence-electron chi connectivity index (χ1n) is 5.38. The fraction of sp³-hybridized carbons (Fsp3) is 0.909. The molecule has 0 aromatic carbocycles. The van der Waals surface area contributed by atoms with E-state index in [2.05, 4.69) is 33.9 Å². The van der Waals surface area contributed by atoms with Gasteiger partial charge >= 0.3 is 5.97 Å². The Hall–Kier alpha value is -0.313. The van der Waals surface area contributed by atoms with Crippen molar-refractivity contribution < 1.29 is 9.90 Å². The van der Waals surface area contributed by atoms with E-state index in [4.69, 9.17) is 5.11 Å². The second-order valence-electron chi connectivity index (χ2n) is 5.73. The Bertz CT molecular complexity index is 192. The number of unbranched alkanes of at least 4 members (excludes halogenated alkanes) is 1. The van der Waals surface area contributed by atoms with E-state index in [-0.39, 0.29) is 0 Å². The quantitative estimate of drug-likeness (QED) is 0.561. The van der Waals surface area contributed by atoms with Crippen LogP contribution in [0.3, 0.4) is 0 Å². The van der Waals surface area contributed by atoms with Gasteiger partial charge in [0, 0.05) is 6.42 Å². The van der Waals surface area contributed by atoms with Crippen LogP contribution in [0, 0.1) is 0 Å². The smallest absolute Gasteiger partial charge is 0.303 e. The molecule has 0 radical (unpaired) electrons. The minimum atomic E-state index is -1.17. The van der Waals surface area contributed by atoms with Crippen LogP contribution in [-0.4, -0.2) is 19.1 Å². The molecule has 0 saturated carbocycles. The van der Waals surface area contributed by atoms with E-state index in [0.717, 1.165) is 12.8 Å². The Balaban J connectivity index is 3.83. The average Bonchev–Trinajstić information content (AvgIpc) is 1.95. The van der Waals surface area contributed by atoms with Crippen molar-refractivity contribution in [2.45, 2.75) is 64.2 Å². The van der Waals surface area contributed by atoms with Crippen molar-refractivity contribution in [3.63, 3.8) is 0 Å². The largest absolute Gasteiger partial charge is 0.481 e. The van der Waals surface area contributed by atoms with Gasteiger partial charge in [-0.05, 0) is 11.5 Å². The predicted octanol–water partition coefficient (Wildman–Crippen LogP) is 3.75. The van der Waals surface area contributed by atoms with E-state index >= 15 is 0 Å². The highest BCUT2D eigenvalue weighted by Gasteiger charge is 2.33. The van der Waals surface area contributed by atoms with Gasteiger partial charge in [0.2, 0.25) is 0 Å². The number of carboxylic acids is 1. The van der Waals surface area contributed by atoms with Crippen molar-refractivity contribution in [3.8, 4) is 0 Å². The van der Waals surface area contributed by atoms with Crippen LogP contribution in [0.2, 0.25) is 24.2 Å². The Morgan fingerprint density at radius 2 is 1.71 bits per heavy atom. The third-order valence-electron chi connectivity index (χ3n) is 3.47. The minimum absolute atomic E-state index is 0.328. The molecule has 1 N–H and O–H groups in total. The molecule has 84 valence electrons. The molecule has 0 amide bonds. The predicted molar refractivity (Wildman–Crippen MR) is 63.5 cm³/mol. The first-order chi connectivity index (χ1) is 6.17. The first-order valence-corrected chi connectivity index (χ1v) is 8.59. The van der Waals surface area contributed by atoms with Gasteiger partial charge in [0.05, 0.1) is 8.07 Å². The lowest BCUT2D eigenvalue weighted by Crippen LogP contribution is -2.36. The Morgan fingerprint density at radius 1 is 1.21 bits per heavy atom. The summed E-state index contributed by atoms with van der Waals surface area (Å²) in [4.78, 5) is 10.3. The molecule has 0 fully saturated rings. The van der Waals surface area contributed by atoms with Crippen molar-refractivity contribution in [2.24, 2.45) is 0 Å². The van der Waals surface area contributed by atoms with Crippen molar-refractivity contribution in [1.29, 1.82) is 0 Å². The molecule has 0 heterocycles. The third kappa shape index (κ3) is 4.79. The standard InChI is InChI=1S/C11H24O2Si/c1-11(2,3)14(4,5)9-7-6-8-10(12)13/h6-9H2,1-5H3,(H,12,13). The number of carboxylic acid groups (broad SMARTS) is 1. The lowest BCUT2D eigenvalue weighted by molar-refractivity contribution is -0.137. The summed E-state index contributed by atoms with van der Waals surface area (Å²) in [5, 5.41) is 8.94. The highest BCUT2D eigenvalue weighted by Crippen LogP contribution is 2.39. The summed E-state index contributed by atoms with van der Waals surface area (Å²) >= 11 is 0. The Kier molecular flexibility index (Phi) is 4.85. The Labute approximate surface area is 88.7 Å². The molecule has 0 aliphatic rings. The maximum absolute atomic E-state index is 10.3. The lowest BCUT2D eigenvalue weighted by atomic mass is 10.2. The molecule has 0 aliphatic carbocycles. The summed E-state index contributed by atoms with van der Waals surface area (Å²) in [6, 6.07) is 1.24. The number of hydrogen-bond donors (Lipinski definition) is 1. The summed E-state index contributed by atoms with van der Waals surface area (Å²) in [7, 11) is -1.17. The van der Waals surface area contributed by atoms with E-state index in [0.29, 0.717) is 11.5 Å². The van der Waals surface area contributed by atoms with Crippen LogP contribution < -0.4 is 0 Å². The fourth-order valence-electron chi connectivity index (χ4n) is 1.22. The molecule has 2 nitrogen and oxygen atoms in total. The van der Waals surface area contributed by atoms with Gasteiger partial charge in [-0.2, -0.15) is 0 Å². The molecule has 0 aromatic heterocycles. The van der Waals surface area contributed by atoms with Gasteiger partial charge < -0.3 is 5.11 Å². The summed E-state index contributed by atoms with van der Waals surface area (Å²) in [6.07, 6.45) is 2.24. The minimum Gasteiger partial charge on any atom is -0.481 e. The van der Waals surface area contributed by atoms with Crippen molar-refractivity contribution in [2.75, 3.05) is 0 Å². The van der Waals surface area contributed by atoms with Crippen LogP contribution in [0.1, 0.15) is 40.0 Å². The average molecular weight is 216 g/mol.